The van der Waals surface area contributed by atoms with Crippen molar-refractivity contribution < 1.29 is 4.74 Å². The second kappa shape index (κ2) is 6.22. The summed E-state index contributed by atoms with van der Waals surface area (Å²) in [5.74, 6) is 0.891. The Balaban J connectivity index is 2.28. The summed E-state index contributed by atoms with van der Waals surface area (Å²) in [7, 11) is 0. The van der Waals surface area contributed by atoms with Gasteiger partial charge in [0.05, 0.1) is 0 Å². The van der Waals surface area contributed by atoms with E-state index in [1.54, 1.807) is 0 Å². The summed E-state index contributed by atoms with van der Waals surface area (Å²) in [6.07, 6.45) is 0.00590. The van der Waals surface area contributed by atoms with E-state index in [1.807, 2.05) is 37.3 Å². The highest BCUT2D eigenvalue weighted by atomic mass is 79.9. The summed E-state index contributed by atoms with van der Waals surface area (Å²) < 4.78 is 7.14. The van der Waals surface area contributed by atoms with Crippen LogP contribution < -0.4 is 10.5 Å². The zero-order valence-corrected chi connectivity index (χ0v) is 12.8. The van der Waals surface area contributed by atoms with Gasteiger partial charge in [-0.25, -0.2) is 0 Å². The predicted molar refractivity (Wildman–Crippen MR) is 82.3 cm³/mol. The van der Waals surface area contributed by atoms with Gasteiger partial charge in [-0.05, 0) is 37.1 Å². The lowest BCUT2D eigenvalue weighted by molar-refractivity contribution is 0.223. The van der Waals surface area contributed by atoms with Crippen LogP contribution in [0.3, 0.4) is 0 Å². The minimum atomic E-state index is 0.00590. The normalized spacial score (nSPS) is 12.2. The van der Waals surface area contributed by atoms with Gasteiger partial charge in [0.15, 0.2) is 0 Å². The molecule has 2 rings (SSSR count). The molecule has 2 aromatic rings. The fourth-order valence-corrected chi connectivity index (χ4v) is 2.71. The standard InChI is InChI=1S/C16H18BrNO/c1-11-8-15(17)9-14(10-18)16(11)19-12(2)13-6-4-3-5-7-13/h3-9,12H,10,18H2,1-2H3. The van der Waals surface area contributed by atoms with Gasteiger partial charge in [-0.3, -0.25) is 0 Å². The second-order valence-electron chi connectivity index (χ2n) is 4.59. The number of aryl methyl sites for hydroxylation is 1. The first-order valence-electron chi connectivity index (χ1n) is 6.32. The Hall–Kier alpha value is -1.32. The largest absolute Gasteiger partial charge is 0.485 e. The smallest absolute Gasteiger partial charge is 0.127 e. The maximum atomic E-state index is 6.11. The van der Waals surface area contributed by atoms with Gasteiger partial charge >= 0.3 is 0 Å². The fraction of sp³-hybridized carbons (Fsp3) is 0.250. The lowest BCUT2D eigenvalue weighted by atomic mass is 10.1. The number of benzene rings is 2. The van der Waals surface area contributed by atoms with Crippen LogP contribution in [0.4, 0.5) is 0 Å². The van der Waals surface area contributed by atoms with E-state index in [0.717, 1.165) is 26.9 Å². The Labute approximate surface area is 122 Å². The first kappa shape index (κ1) is 14.1. The molecule has 3 heteroatoms. The van der Waals surface area contributed by atoms with E-state index in [4.69, 9.17) is 10.5 Å². The quantitative estimate of drug-likeness (QED) is 0.908. The first-order valence-corrected chi connectivity index (χ1v) is 7.12. The predicted octanol–water partition coefficient (Wildman–Crippen LogP) is 4.36. The van der Waals surface area contributed by atoms with Gasteiger partial charge < -0.3 is 10.5 Å². The lowest BCUT2D eigenvalue weighted by Gasteiger charge is -2.19. The molecule has 0 aliphatic rings. The Morgan fingerprint density at radius 3 is 2.53 bits per heavy atom. The number of ether oxygens (including phenoxy) is 1. The van der Waals surface area contributed by atoms with Gasteiger partial charge in [0.1, 0.15) is 11.9 Å². The number of hydrogen-bond donors (Lipinski definition) is 1. The van der Waals surface area contributed by atoms with Crippen molar-refractivity contribution in [2.45, 2.75) is 26.5 Å². The Morgan fingerprint density at radius 2 is 1.89 bits per heavy atom. The van der Waals surface area contributed by atoms with Gasteiger partial charge in [-0.15, -0.1) is 0 Å². The molecule has 2 aromatic carbocycles. The van der Waals surface area contributed by atoms with E-state index >= 15 is 0 Å². The highest BCUT2D eigenvalue weighted by Crippen LogP contribution is 2.31. The summed E-state index contributed by atoms with van der Waals surface area (Å²) in [5.41, 5.74) is 9.08. The van der Waals surface area contributed by atoms with Crippen LogP contribution in [0.15, 0.2) is 46.9 Å². The van der Waals surface area contributed by atoms with Crippen LogP contribution in [-0.2, 0) is 6.54 Å². The van der Waals surface area contributed by atoms with Crippen LogP contribution in [0.5, 0.6) is 5.75 Å². The summed E-state index contributed by atoms with van der Waals surface area (Å²) in [6.45, 7) is 4.56. The molecule has 19 heavy (non-hydrogen) atoms. The van der Waals surface area contributed by atoms with E-state index in [9.17, 15) is 0 Å². The van der Waals surface area contributed by atoms with Crippen LogP contribution in [0.1, 0.15) is 29.7 Å². The molecular weight excluding hydrogens is 302 g/mol. The van der Waals surface area contributed by atoms with Crippen molar-refractivity contribution in [3.05, 3.63) is 63.6 Å². The van der Waals surface area contributed by atoms with Gasteiger partial charge in [0, 0.05) is 16.6 Å². The molecule has 0 amide bonds. The van der Waals surface area contributed by atoms with Crippen LogP contribution >= 0.6 is 15.9 Å². The summed E-state index contributed by atoms with van der Waals surface area (Å²) in [4.78, 5) is 0. The van der Waals surface area contributed by atoms with Crippen LogP contribution in [0.2, 0.25) is 0 Å². The molecule has 100 valence electrons. The SMILES string of the molecule is Cc1cc(Br)cc(CN)c1OC(C)c1ccccc1. The van der Waals surface area contributed by atoms with Gasteiger partial charge in [0.2, 0.25) is 0 Å². The highest BCUT2D eigenvalue weighted by Gasteiger charge is 2.12. The maximum Gasteiger partial charge on any atom is 0.127 e. The van der Waals surface area contributed by atoms with Crippen molar-refractivity contribution in [1.82, 2.24) is 0 Å². The molecule has 0 saturated heterocycles. The monoisotopic (exact) mass is 319 g/mol. The number of halogens is 1. The third-order valence-corrected chi connectivity index (χ3v) is 3.56. The van der Waals surface area contributed by atoms with Crippen molar-refractivity contribution in [2.24, 2.45) is 5.73 Å². The average molecular weight is 320 g/mol. The molecule has 0 fully saturated rings. The van der Waals surface area contributed by atoms with Crippen molar-refractivity contribution in [3.63, 3.8) is 0 Å². The fourth-order valence-electron chi connectivity index (χ4n) is 2.09. The molecule has 0 saturated carbocycles. The maximum absolute atomic E-state index is 6.11. The minimum absolute atomic E-state index is 0.00590. The van der Waals surface area contributed by atoms with Crippen LogP contribution in [-0.4, -0.2) is 0 Å². The summed E-state index contributed by atoms with van der Waals surface area (Å²) in [5, 5.41) is 0. The molecule has 0 aromatic heterocycles. The molecule has 0 radical (unpaired) electrons. The molecule has 0 bridgehead atoms. The lowest BCUT2D eigenvalue weighted by Crippen LogP contribution is -2.08. The Kier molecular flexibility index (Phi) is 4.61. The minimum Gasteiger partial charge on any atom is -0.485 e. The van der Waals surface area contributed by atoms with Gasteiger partial charge in [-0.2, -0.15) is 0 Å². The Morgan fingerprint density at radius 1 is 1.21 bits per heavy atom. The molecular formula is C16H18BrNO. The third-order valence-electron chi connectivity index (χ3n) is 3.10. The number of nitrogens with two attached hydrogens (primary N) is 1. The number of rotatable bonds is 4. The first-order chi connectivity index (χ1) is 9.11. The van der Waals surface area contributed by atoms with Crippen molar-refractivity contribution in [2.75, 3.05) is 0 Å². The molecule has 0 aliphatic heterocycles. The van der Waals surface area contributed by atoms with E-state index in [-0.39, 0.29) is 6.10 Å². The van der Waals surface area contributed by atoms with Crippen molar-refractivity contribution >= 4 is 15.9 Å². The topological polar surface area (TPSA) is 35.2 Å². The van der Waals surface area contributed by atoms with E-state index in [2.05, 4.69) is 35.0 Å². The zero-order valence-electron chi connectivity index (χ0n) is 11.2. The third kappa shape index (κ3) is 3.37. The molecule has 2 nitrogen and oxygen atoms in total. The van der Waals surface area contributed by atoms with E-state index < -0.39 is 0 Å². The molecule has 0 heterocycles. The molecule has 2 N–H and O–H groups in total. The van der Waals surface area contributed by atoms with E-state index in [1.165, 1.54) is 0 Å². The van der Waals surface area contributed by atoms with Crippen molar-refractivity contribution in [1.29, 1.82) is 0 Å². The number of hydrogen-bond acceptors (Lipinski definition) is 2. The molecule has 1 unspecified atom stereocenters. The van der Waals surface area contributed by atoms with Gasteiger partial charge in [0.25, 0.3) is 0 Å². The zero-order chi connectivity index (χ0) is 13.8. The molecule has 1 atom stereocenters. The average Bonchev–Trinajstić information content (AvgIpc) is 2.42. The van der Waals surface area contributed by atoms with E-state index in [0.29, 0.717) is 6.54 Å². The van der Waals surface area contributed by atoms with Crippen LogP contribution in [0.25, 0.3) is 0 Å². The van der Waals surface area contributed by atoms with Crippen molar-refractivity contribution in [3.8, 4) is 5.75 Å². The molecule has 0 spiro atoms. The summed E-state index contributed by atoms with van der Waals surface area (Å²) >= 11 is 3.49. The molecule has 0 aliphatic carbocycles. The second-order valence-corrected chi connectivity index (χ2v) is 5.50. The van der Waals surface area contributed by atoms with Gasteiger partial charge in [-0.1, -0.05) is 46.3 Å². The highest BCUT2D eigenvalue weighted by molar-refractivity contribution is 9.10. The van der Waals surface area contributed by atoms with Crippen LogP contribution in [0, 0.1) is 6.92 Å². The summed E-state index contributed by atoms with van der Waals surface area (Å²) in [6, 6.07) is 14.3. The Bertz CT molecular complexity index is 554.